The van der Waals surface area contributed by atoms with Crippen LogP contribution in [0.3, 0.4) is 0 Å². The predicted octanol–water partition coefficient (Wildman–Crippen LogP) is 4.35. The molecule has 3 rings (SSSR count). The van der Waals surface area contributed by atoms with Gasteiger partial charge in [0.05, 0.1) is 17.8 Å². The smallest absolute Gasteiger partial charge is 0.308 e. The SMILES string of the molecule is CC(=O)Oc1cccc(C(=O)Nc2ccccc2NC(=O)Cc2ccc(C)cc2)c1. The zero-order valence-corrected chi connectivity index (χ0v) is 16.8. The lowest BCUT2D eigenvalue weighted by Gasteiger charge is -2.13. The number of rotatable bonds is 6. The molecule has 2 amide bonds. The first-order valence-corrected chi connectivity index (χ1v) is 9.45. The Labute approximate surface area is 174 Å². The van der Waals surface area contributed by atoms with Gasteiger partial charge in [-0.15, -0.1) is 0 Å². The molecular weight excluding hydrogens is 380 g/mol. The van der Waals surface area contributed by atoms with Crippen LogP contribution < -0.4 is 15.4 Å². The number of carbonyl (C=O) groups excluding carboxylic acids is 3. The van der Waals surface area contributed by atoms with Crippen LogP contribution in [0.2, 0.25) is 0 Å². The lowest BCUT2D eigenvalue weighted by atomic mass is 10.1. The van der Waals surface area contributed by atoms with Crippen molar-refractivity contribution in [2.75, 3.05) is 10.6 Å². The number of benzene rings is 3. The molecule has 6 nitrogen and oxygen atoms in total. The van der Waals surface area contributed by atoms with Crippen molar-refractivity contribution in [1.82, 2.24) is 0 Å². The summed E-state index contributed by atoms with van der Waals surface area (Å²) < 4.78 is 5.02. The zero-order valence-electron chi connectivity index (χ0n) is 16.8. The summed E-state index contributed by atoms with van der Waals surface area (Å²) in [5.41, 5.74) is 3.33. The van der Waals surface area contributed by atoms with E-state index in [0.29, 0.717) is 16.9 Å². The topological polar surface area (TPSA) is 84.5 Å². The summed E-state index contributed by atoms with van der Waals surface area (Å²) in [6.45, 7) is 3.28. The number of para-hydroxylation sites is 2. The van der Waals surface area contributed by atoms with E-state index in [9.17, 15) is 14.4 Å². The Bertz CT molecular complexity index is 1070. The fraction of sp³-hybridized carbons (Fsp3) is 0.125. The third-order valence-electron chi connectivity index (χ3n) is 4.29. The fourth-order valence-corrected chi connectivity index (χ4v) is 2.85. The molecule has 0 unspecified atom stereocenters. The molecule has 152 valence electrons. The maximum atomic E-state index is 12.6. The van der Waals surface area contributed by atoms with E-state index in [4.69, 9.17) is 4.74 Å². The molecule has 0 saturated carbocycles. The minimum absolute atomic E-state index is 0.183. The summed E-state index contributed by atoms with van der Waals surface area (Å²) >= 11 is 0. The molecule has 2 N–H and O–H groups in total. The molecule has 30 heavy (non-hydrogen) atoms. The van der Waals surface area contributed by atoms with Gasteiger partial charge in [-0.3, -0.25) is 14.4 Å². The van der Waals surface area contributed by atoms with Crippen LogP contribution >= 0.6 is 0 Å². The minimum Gasteiger partial charge on any atom is -0.427 e. The Hall–Kier alpha value is -3.93. The van der Waals surface area contributed by atoms with Crippen molar-refractivity contribution >= 4 is 29.2 Å². The van der Waals surface area contributed by atoms with Gasteiger partial charge in [0.2, 0.25) is 5.91 Å². The zero-order chi connectivity index (χ0) is 21.5. The Morgan fingerprint density at radius 3 is 2.17 bits per heavy atom. The van der Waals surface area contributed by atoms with Crippen LogP contribution in [0.4, 0.5) is 11.4 Å². The van der Waals surface area contributed by atoms with E-state index in [2.05, 4.69) is 10.6 Å². The standard InChI is InChI=1S/C24H22N2O4/c1-16-10-12-18(13-11-16)14-23(28)25-21-8-3-4-9-22(21)26-24(29)19-6-5-7-20(15-19)30-17(2)27/h3-13,15H,14H2,1-2H3,(H,25,28)(H,26,29). The van der Waals surface area contributed by atoms with Crippen molar-refractivity contribution in [2.24, 2.45) is 0 Å². The third-order valence-corrected chi connectivity index (χ3v) is 4.29. The number of hydrogen-bond donors (Lipinski definition) is 2. The Morgan fingerprint density at radius 1 is 0.833 bits per heavy atom. The normalized spacial score (nSPS) is 10.2. The minimum atomic E-state index is -0.464. The summed E-state index contributed by atoms with van der Waals surface area (Å²) in [4.78, 5) is 36.2. The van der Waals surface area contributed by atoms with Crippen LogP contribution in [0.5, 0.6) is 5.75 Å². The van der Waals surface area contributed by atoms with Crippen molar-refractivity contribution in [3.8, 4) is 5.75 Å². The van der Waals surface area contributed by atoms with E-state index in [0.717, 1.165) is 11.1 Å². The molecular formula is C24H22N2O4. The van der Waals surface area contributed by atoms with Crippen LogP contribution in [0.15, 0.2) is 72.8 Å². The number of esters is 1. The second-order valence-electron chi connectivity index (χ2n) is 6.83. The van der Waals surface area contributed by atoms with E-state index in [-0.39, 0.29) is 24.0 Å². The van der Waals surface area contributed by atoms with Gasteiger partial charge < -0.3 is 15.4 Å². The molecule has 0 aliphatic heterocycles. The maximum Gasteiger partial charge on any atom is 0.308 e. The van der Waals surface area contributed by atoms with Crippen molar-refractivity contribution in [1.29, 1.82) is 0 Å². The van der Waals surface area contributed by atoms with Gasteiger partial charge in [-0.05, 0) is 42.8 Å². The molecule has 0 spiro atoms. The van der Waals surface area contributed by atoms with Gasteiger partial charge in [0.25, 0.3) is 5.91 Å². The van der Waals surface area contributed by atoms with Gasteiger partial charge in [-0.2, -0.15) is 0 Å². The number of nitrogens with one attached hydrogen (secondary N) is 2. The fourth-order valence-electron chi connectivity index (χ4n) is 2.85. The number of carbonyl (C=O) groups is 3. The van der Waals surface area contributed by atoms with E-state index in [1.54, 1.807) is 42.5 Å². The van der Waals surface area contributed by atoms with Gasteiger partial charge >= 0.3 is 5.97 Å². The lowest BCUT2D eigenvalue weighted by molar-refractivity contribution is -0.131. The van der Waals surface area contributed by atoms with Crippen molar-refractivity contribution in [2.45, 2.75) is 20.3 Å². The predicted molar refractivity (Wildman–Crippen MR) is 116 cm³/mol. The summed E-state index contributed by atoms with van der Waals surface area (Å²) in [6, 6.07) is 21.0. The van der Waals surface area contributed by atoms with Crippen molar-refractivity contribution in [3.05, 3.63) is 89.5 Å². The first-order chi connectivity index (χ1) is 14.4. The average Bonchev–Trinajstić information content (AvgIpc) is 2.71. The second-order valence-corrected chi connectivity index (χ2v) is 6.83. The summed E-state index contributed by atoms with van der Waals surface area (Å²) in [7, 11) is 0. The van der Waals surface area contributed by atoms with Crippen molar-refractivity contribution in [3.63, 3.8) is 0 Å². The van der Waals surface area contributed by atoms with E-state index >= 15 is 0 Å². The van der Waals surface area contributed by atoms with Crippen LogP contribution in [0.1, 0.15) is 28.4 Å². The largest absolute Gasteiger partial charge is 0.427 e. The van der Waals surface area contributed by atoms with Crippen molar-refractivity contribution < 1.29 is 19.1 Å². The van der Waals surface area contributed by atoms with Gasteiger partial charge in [-0.1, -0.05) is 48.0 Å². The Kier molecular flexibility index (Phi) is 6.60. The molecule has 0 saturated heterocycles. The highest BCUT2D eigenvalue weighted by atomic mass is 16.5. The van der Waals surface area contributed by atoms with Crippen LogP contribution in [0.25, 0.3) is 0 Å². The molecule has 0 atom stereocenters. The molecule has 3 aromatic rings. The molecule has 0 fully saturated rings. The van der Waals surface area contributed by atoms with E-state index in [1.807, 2.05) is 31.2 Å². The first kappa shape index (κ1) is 20.8. The first-order valence-electron chi connectivity index (χ1n) is 9.45. The highest BCUT2D eigenvalue weighted by Crippen LogP contribution is 2.23. The molecule has 6 heteroatoms. The highest BCUT2D eigenvalue weighted by Gasteiger charge is 2.12. The van der Waals surface area contributed by atoms with Crippen LogP contribution in [-0.4, -0.2) is 17.8 Å². The quantitative estimate of drug-likeness (QED) is 0.474. The molecule has 0 heterocycles. The monoisotopic (exact) mass is 402 g/mol. The van der Waals surface area contributed by atoms with E-state index in [1.165, 1.54) is 13.0 Å². The molecule has 3 aromatic carbocycles. The molecule has 0 bridgehead atoms. The average molecular weight is 402 g/mol. The summed E-state index contributed by atoms with van der Waals surface area (Å²) in [6.07, 6.45) is 0.229. The summed E-state index contributed by atoms with van der Waals surface area (Å²) in [5, 5.41) is 5.63. The summed E-state index contributed by atoms with van der Waals surface area (Å²) in [5.74, 6) is -0.745. The van der Waals surface area contributed by atoms with Crippen LogP contribution in [-0.2, 0) is 16.0 Å². The highest BCUT2D eigenvalue weighted by molar-refractivity contribution is 6.07. The van der Waals surface area contributed by atoms with Crippen LogP contribution in [0, 0.1) is 6.92 Å². The second kappa shape index (κ2) is 9.52. The van der Waals surface area contributed by atoms with Gasteiger partial charge in [0, 0.05) is 12.5 Å². The van der Waals surface area contributed by atoms with Gasteiger partial charge in [-0.25, -0.2) is 0 Å². The number of aryl methyl sites for hydroxylation is 1. The van der Waals surface area contributed by atoms with Gasteiger partial charge in [0.1, 0.15) is 5.75 Å². The lowest BCUT2D eigenvalue weighted by Crippen LogP contribution is -2.18. The third kappa shape index (κ3) is 5.78. The number of anilines is 2. The molecule has 0 aliphatic carbocycles. The van der Waals surface area contributed by atoms with E-state index < -0.39 is 5.97 Å². The Morgan fingerprint density at radius 2 is 1.50 bits per heavy atom. The van der Waals surface area contributed by atoms with Gasteiger partial charge in [0.15, 0.2) is 0 Å². The molecule has 0 aromatic heterocycles. The molecule has 0 aliphatic rings. The number of amides is 2. The number of ether oxygens (including phenoxy) is 1. The number of hydrogen-bond acceptors (Lipinski definition) is 4. The Balaban J connectivity index is 1.70. The maximum absolute atomic E-state index is 12.6. The molecule has 0 radical (unpaired) electrons.